The van der Waals surface area contributed by atoms with Gasteiger partial charge in [0.2, 0.25) is 5.91 Å². The van der Waals surface area contributed by atoms with E-state index in [0.717, 1.165) is 14.5 Å². The number of carbonyl (C=O) groups is 2. The lowest BCUT2D eigenvalue weighted by atomic mass is 10.2. The van der Waals surface area contributed by atoms with Crippen LogP contribution < -0.4 is 5.32 Å². The first-order valence-electron chi connectivity index (χ1n) is 7.99. The van der Waals surface area contributed by atoms with Crippen LogP contribution in [0.1, 0.15) is 12.0 Å². The van der Waals surface area contributed by atoms with Crippen molar-refractivity contribution in [1.82, 2.24) is 4.90 Å². The van der Waals surface area contributed by atoms with Crippen LogP contribution >= 0.6 is 55.8 Å². The number of thioether (sulfide) groups is 1. The Hall–Kier alpha value is -1.48. The number of halogens is 2. The number of anilines is 1. The number of hydrogen-bond acceptors (Lipinski definition) is 4. The van der Waals surface area contributed by atoms with Crippen molar-refractivity contribution in [3.8, 4) is 0 Å². The number of nitrogens with one attached hydrogen (secondary N) is 1. The maximum absolute atomic E-state index is 12.6. The SMILES string of the molecule is O=C(CCN1C(=O)C(=Cc2cccc(Br)c2)SC1=S)Nc1ccccc1Br. The van der Waals surface area contributed by atoms with Crippen LogP contribution in [0.3, 0.4) is 0 Å². The molecule has 1 aliphatic rings. The molecule has 0 radical (unpaired) electrons. The van der Waals surface area contributed by atoms with E-state index < -0.39 is 0 Å². The molecule has 8 heteroatoms. The Kier molecular flexibility index (Phi) is 6.86. The van der Waals surface area contributed by atoms with E-state index in [1.807, 2.05) is 54.6 Å². The van der Waals surface area contributed by atoms with E-state index in [-0.39, 0.29) is 24.8 Å². The average molecular weight is 526 g/mol. The minimum Gasteiger partial charge on any atom is -0.325 e. The summed E-state index contributed by atoms with van der Waals surface area (Å²) in [5.41, 5.74) is 1.61. The number of benzene rings is 2. The van der Waals surface area contributed by atoms with Gasteiger partial charge in [-0.25, -0.2) is 0 Å². The van der Waals surface area contributed by atoms with E-state index in [1.54, 1.807) is 0 Å². The molecule has 0 bridgehead atoms. The molecule has 0 atom stereocenters. The minimum absolute atomic E-state index is 0.165. The van der Waals surface area contributed by atoms with E-state index in [4.69, 9.17) is 12.2 Å². The molecule has 1 N–H and O–H groups in total. The molecule has 3 rings (SSSR count). The third-order valence-corrected chi connectivity index (χ3v) is 6.29. The normalized spacial score (nSPS) is 15.5. The van der Waals surface area contributed by atoms with Crippen LogP contribution in [-0.4, -0.2) is 27.6 Å². The van der Waals surface area contributed by atoms with Crippen molar-refractivity contribution in [2.45, 2.75) is 6.42 Å². The van der Waals surface area contributed by atoms with Crippen molar-refractivity contribution >= 4 is 83.7 Å². The van der Waals surface area contributed by atoms with Crippen molar-refractivity contribution in [3.63, 3.8) is 0 Å². The van der Waals surface area contributed by atoms with Crippen LogP contribution in [-0.2, 0) is 9.59 Å². The number of thiocarbonyl (C=S) groups is 1. The van der Waals surface area contributed by atoms with E-state index in [0.29, 0.717) is 14.9 Å². The van der Waals surface area contributed by atoms with E-state index in [9.17, 15) is 9.59 Å². The number of nitrogens with zero attached hydrogens (tertiary/aromatic N) is 1. The molecule has 1 saturated heterocycles. The number of hydrogen-bond donors (Lipinski definition) is 1. The van der Waals surface area contributed by atoms with Gasteiger partial charge in [0.25, 0.3) is 5.91 Å². The smallest absolute Gasteiger partial charge is 0.266 e. The lowest BCUT2D eigenvalue weighted by Gasteiger charge is -2.14. The maximum atomic E-state index is 12.6. The molecule has 2 aromatic rings. The summed E-state index contributed by atoms with van der Waals surface area (Å²) < 4.78 is 2.21. The molecule has 4 nitrogen and oxygen atoms in total. The summed E-state index contributed by atoms with van der Waals surface area (Å²) in [6.07, 6.45) is 1.98. The average Bonchev–Trinajstić information content (AvgIpc) is 2.88. The van der Waals surface area contributed by atoms with Gasteiger partial charge >= 0.3 is 0 Å². The van der Waals surface area contributed by atoms with Crippen LogP contribution in [0.15, 0.2) is 62.4 Å². The predicted molar refractivity (Wildman–Crippen MR) is 121 cm³/mol. The van der Waals surface area contributed by atoms with Gasteiger partial charge in [0.15, 0.2) is 0 Å². The topological polar surface area (TPSA) is 49.4 Å². The highest BCUT2D eigenvalue weighted by atomic mass is 79.9. The fraction of sp³-hybridized carbons (Fsp3) is 0.105. The fourth-order valence-electron chi connectivity index (χ4n) is 2.43. The Morgan fingerprint density at radius 1 is 1.19 bits per heavy atom. The highest BCUT2D eigenvalue weighted by Crippen LogP contribution is 2.33. The van der Waals surface area contributed by atoms with Gasteiger partial charge in [-0.2, -0.15) is 0 Å². The zero-order valence-electron chi connectivity index (χ0n) is 13.9. The molecule has 0 saturated carbocycles. The number of amides is 2. The number of carbonyl (C=O) groups excluding carboxylic acids is 2. The van der Waals surface area contributed by atoms with Gasteiger partial charge in [-0.05, 0) is 51.8 Å². The molecule has 0 spiro atoms. The summed E-state index contributed by atoms with van der Waals surface area (Å²) in [6.45, 7) is 0.247. The molecule has 138 valence electrons. The van der Waals surface area contributed by atoms with Gasteiger partial charge in [0.1, 0.15) is 4.32 Å². The van der Waals surface area contributed by atoms with Crippen LogP contribution in [0.4, 0.5) is 5.69 Å². The first kappa shape index (κ1) is 20.3. The standard InChI is InChI=1S/C19H14Br2N2O2S2/c20-13-5-3-4-12(10-13)11-16-18(25)23(19(26)27-16)9-8-17(24)22-15-7-2-1-6-14(15)21/h1-7,10-11H,8-9H2,(H,22,24). The second-order valence-corrected chi connectivity index (χ2v) is 9.11. The summed E-state index contributed by atoms with van der Waals surface area (Å²) in [7, 11) is 0. The lowest BCUT2D eigenvalue weighted by Crippen LogP contribution is -2.31. The molecule has 1 fully saturated rings. The maximum Gasteiger partial charge on any atom is 0.266 e. The van der Waals surface area contributed by atoms with Crippen LogP contribution in [0.5, 0.6) is 0 Å². The van der Waals surface area contributed by atoms with Crippen molar-refractivity contribution in [3.05, 3.63) is 67.9 Å². The number of rotatable bonds is 5. The third-order valence-electron chi connectivity index (χ3n) is 3.73. The van der Waals surface area contributed by atoms with Crippen molar-refractivity contribution in [2.24, 2.45) is 0 Å². The van der Waals surface area contributed by atoms with Crippen LogP contribution in [0.2, 0.25) is 0 Å². The zero-order chi connectivity index (χ0) is 19.4. The highest BCUT2D eigenvalue weighted by Gasteiger charge is 2.32. The molecule has 2 amide bonds. The van der Waals surface area contributed by atoms with E-state index >= 15 is 0 Å². The molecule has 2 aromatic carbocycles. The first-order valence-corrected chi connectivity index (χ1v) is 10.8. The van der Waals surface area contributed by atoms with Crippen molar-refractivity contribution < 1.29 is 9.59 Å². The minimum atomic E-state index is -0.174. The number of para-hydroxylation sites is 1. The Balaban J connectivity index is 1.62. The Morgan fingerprint density at radius 2 is 1.96 bits per heavy atom. The summed E-state index contributed by atoms with van der Waals surface area (Å²) in [5.74, 6) is -0.342. The fourth-order valence-corrected chi connectivity index (χ4v) is 4.54. The molecule has 27 heavy (non-hydrogen) atoms. The van der Waals surface area contributed by atoms with Gasteiger partial charge < -0.3 is 5.32 Å². The molecular weight excluding hydrogens is 512 g/mol. The summed E-state index contributed by atoms with van der Waals surface area (Å²) >= 11 is 13.4. The second-order valence-electron chi connectivity index (χ2n) is 5.67. The Morgan fingerprint density at radius 3 is 2.70 bits per heavy atom. The van der Waals surface area contributed by atoms with Gasteiger partial charge in [-0.3, -0.25) is 14.5 Å². The van der Waals surface area contributed by atoms with Crippen LogP contribution in [0.25, 0.3) is 6.08 Å². The Bertz CT molecular complexity index is 947. The third kappa shape index (κ3) is 5.28. The summed E-state index contributed by atoms with van der Waals surface area (Å²) in [5, 5.41) is 2.83. The quantitative estimate of drug-likeness (QED) is 0.417. The molecule has 1 heterocycles. The van der Waals surface area contributed by atoms with Gasteiger partial charge in [-0.1, -0.05) is 64.2 Å². The van der Waals surface area contributed by atoms with Crippen molar-refractivity contribution in [1.29, 1.82) is 0 Å². The zero-order valence-corrected chi connectivity index (χ0v) is 18.8. The van der Waals surface area contributed by atoms with Crippen molar-refractivity contribution in [2.75, 3.05) is 11.9 Å². The van der Waals surface area contributed by atoms with Gasteiger partial charge in [0.05, 0.1) is 10.6 Å². The van der Waals surface area contributed by atoms with E-state index in [1.165, 1.54) is 16.7 Å². The second kappa shape index (κ2) is 9.14. The molecule has 1 aliphatic heterocycles. The summed E-state index contributed by atoms with van der Waals surface area (Å²) in [4.78, 5) is 26.9. The predicted octanol–water partition coefficient (Wildman–Crippen LogP) is 5.44. The lowest BCUT2D eigenvalue weighted by molar-refractivity contribution is -0.122. The first-order chi connectivity index (χ1) is 12.9. The molecule has 0 unspecified atom stereocenters. The highest BCUT2D eigenvalue weighted by molar-refractivity contribution is 9.10. The van der Waals surface area contributed by atoms with Gasteiger partial charge in [-0.15, -0.1) is 0 Å². The molecule has 0 aromatic heterocycles. The van der Waals surface area contributed by atoms with E-state index in [2.05, 4.69) is 37.2 Å². The molecule has 0 aliphatic carbocycles. The monoisotopic (exact) mass is 524 g/mol. The van der Waals surface area contributed by atoms with Crippen LogP contribution in [0, 0.1) is 0 Å². The Labute approximate surface area is 183 Å². The van der Waals surface area contributed by atoms with Gasteiger partial charge in [0, 0.05) is 21.9 Å². The largest absolute Gasteiger partial charge is 0.325 e. The summed E-state index contributed by atoms with van der Waals surface area (Å²) in [6, 6.07) is 15.1. The molecular formula is C19H14Br2N2O2S2.